The van der Waals surface area contributed by atoms with Crippen LogP contribution in [-0.2, 0) is 20.4 Å². The second-order valence-corrected chi connectivity index (χ2v) is 8.05. The van der Waals surface area contributed by atoms with Crippen LogP contribution in [0.15, 0.2) is 24.3 Å². The van der Waals surface area contributed by atoms with Gasteiger partial charge in [0.2, 0.25) is 0 Å². The third-order valence-electron chi connectivity index (χ3n) is 3.68. The molecular weight excluding hydrogens is 293 g/mol. The molecule has 0 radical (unpaired) electrons. The van der Waals surface area contributed by atoms with Crippen molar-refractivity contribution in [2.24, 2.45) is 5.41 Å². The van der Waals surface area contributed by atoms with E-state index in [1.165, 1.54) is 0 Å². The number of benzene rings is 1. The van der Waals surface area contributed by atoms with Gasteiger partial charge >= 0.3 is 13.8 Å². The molecule has 1 saturated heterocycles. The Bertz CT molecular complexity index is 624. The highest BCUT2D eigenvalue weighted by Crippen LogP contribution is 2.59. The summed E-state index contributed by atoms with van der Waals surface area (Å²) in [5.74, 6) is 0.486. The monoisotopic (exact) mass is 311 g/mol. The normalized spacial score (nSPS) is 28.8. The fourth-order valence-electron chi connectivity index (χ4n) is 2.42. The van der Waals surface area contributed by atoms with Gasteiger partial charge in [0.1, 0.15) is 12.4 Å². The SMILES string of the molecule is CC(C)(C)[C@H]1COC(=O)N1P1(=O)OCc2ccccc2O1. The van der Waals surface area contributed by atoms with E-state index < -0.39 is 13.8 Å². The number of carbonyl (C=O) groups is 1. The Labute approximate surface area is 123 Å². The zero-order chi connectivity index (χ0) is 15.3. The molecule has 6 nitrogen and oxygen atoms in total. The van der Waals surface area contributed by atoms with Crippen molar-refractivity contribution in [2.75, 3.05) is 6.61 Å². The third-order valence-corrected chi connectivity index (χ3v) is 5.53. The third kappa shape index (κ3) is 2.43. The molecule has 1 aromatic carbocycles. The van der Waals surface area contributed by atoms with E-state index in [1.807, 2.05) is 32.9 Å². The second kappa shape index (κ2) is 4.75. The maximum absolute atomic E-state index is 13.0. The quantitative estimate of drug-likeness (QED) is 0.742. The maximum Gasteiger partial charge on any atom is 0.494 e. The minimum absolute atomic E-state index is 0.147. The molecule has 1 unspecified atom stereocenters. The van der Waals surface area contributed by atoms with E-state index in [2.05, 4.69) is 0 Å². The molecule has 0 aromatic heterocycles. The lowest BCUT2D eigenvalue weighted by atomic mass is 9.88. The summed E-state index contributed by atoms with van der Waals surface area (Å²) in [6.07, 6.45) is -0.655. The summed E-state index contributed by atoms with van der Waals surface area (Å²) in [5.41, 5.74) is 0.511. The van der Waals surface area contributed by atoms with Crippen LogP contribution < -0.4 is 4.52 Å². The molecule has 2 aliphatic rings. The average Bonchev–Trinajstić information content (AvgIpc) is 2.81. The first kappa shape index (κ1) is 14.4. The smallest absolute Gasteiger partial charge is 0.447 e. The molecule has 2 heterocycles. The van der Waals surface area contributed by atoms with E-state index in [0.29, 0.717) is 5.75 Å². The highest BCUT2D eigenvalue weighted by Gasteiger charge is 2.54. The topological polar surface area (TPSA) is 65.1 Å². The second-order valence-electron chi connectivity index (χ2n) is 6.24. The van der Waals surface area contributed by atoms with Crippen molar-refractivity contribution < 1.29 is 23.1 Å². The van der Waals surface area contributed by atoms with Crippen molar-refractivity contribution in [2.45, 2.75) is 33.4 Å². The number of fused-ring (bicyclic) bond motifs is 1. The van der Waals surface area contributed by atoms with Gasteiger partial charge in [-0.15, -0.1) is 0 Å². The summed E-state index contributed by atoms with van der Waals surface area (Å²) in [6.45, 7) is 6.19. The van der Waals surface area contributed by atoms with Gasteiger partial charge < -0.3 is 9.26 Å². The summed E-state index contributed by atoms with van der Waals surface area (Å²) >= 11 is 0. The van der Waals surface area contributed by atoms with Crippen LogP contribution in [0.1, 0.15) is 26.3 Å². The predicted molar refractivity (Wildman–Crippen MR) is 75.9 cm³/mol. The molecule has 0 N–H and O–H groups in total. The number of carbonyl (C=O) groups excluding carboxylic acids is 1. The van der Waals surface area contributed by atoms with Crippen molar-refractivity contribution in [3.05, 3.63) is 29.8 Å². The average molecular weight is 311 g/mol. The number of hydrogen-bond donors (Lipinski definition) is 0. The zero-order valence-corrected chi connectivity index (χ0v) is 13.1. The molecule has 2 atom stereocenters. The maximum atomic E-state index is 13.0. The Morgan fingerprint density at radius 1 is 1.29 bits per heavy atom. The van der Waals surface area contributed by atoms with Crippen LogP contribution in [0.5, 0.6) is 5.75 Å². The van der Waals surface area contributed by atoms with Crippen LogP contribution in [0, 0.1) is 5.41 Å². The predicted octanol–water partition coefficient (Wildman–Crippen LogP) is 3.57. The Kier molecular flexibility index (Phi) is 3.26. The Morgan fingerprint density at radius 3 is 2.71 bits per heavy atom. The zero-order valence-electron chi connectivity index (χ0n) is 12.2. The van der Waals surface area contributed by atoms with Crippen molar-refractivity contribution in [3.8, 4) is 5.75 Å². The van der Waals surface area contributed by atoms with E-state index in [9.17, 15) is 9.36 Å². The molecule has 0 aliphatic carbocycles. The molecule has 3 rings (SSSR count). The van der Waals surface area contributed by atoms with Gasteiger partial charge in [0.25, 0.3) is 0 Å². The van der Waals surface area contributed by atoms with E-state index in [4.69, 9.17) is 13.8 Å². The minimum Gasteiger partial charge on any atom is -0.447 e. The summed E-state index contributed by atoms with van der Waals surface area (Å²) in [5, 5.41) is 0. The molecule has 2 aliphatic heterocycles. The number of hydrogen-bond acceptors (Lipinski definition) is 5. The highest BCUT2D eigenvalue weighted by atomic mass is 31.2. The fourth-order valence-corrected chi connectivity index (χ4v) is 4.43. The summed E-state index contributed by atoms with van der Waals surface area (Å²) in [4.78, 5) is 12.0. The molecule has 21 heavy (non-hydrogen) atoms. The largest absolute Gasteiger partial charge is 0.494 e. The lowest BCUT2D eigenvalue weighted by molar-refractivity contribution is 0.145. The van der Waals surface area contributed by atoms with Crippen molar-refractivity contribution in [1.82, 2.24) is 4.67 Å². The first-order valence-electron chi connectivity index (χ1n) is 6.80. The molecule has 1 fully saturated rings. The molecular formula is C14H18NO5P. The van der Waals surface area contributed by atoms with E-state index in [0.717, 1.165) is 10.2 Å². The van der Waals surface area contributed by atoms with E-state index in [-0.39, 0.29) is 24.7 Å². The number of amides is 1. The summed E-state index contributed by atoms with van der Waals surface area (Å²) in [7, 11) is -3.74. The van der Waals surface area contributed by atoms with Gasteiger partial charge in [-0.3, -0.25) is 4.52 Å². The lowest BCUT2D eigenvalue weighted by Gasteiger charge is -2.37. The molecule has 0 bridgehead atoms. The Hall–Kier alpha value is -1.52. The van der Waals surface area contributed by atoms with Gasteiger partial charge in [0.15, 0.2) is 0 Å². The number of nitrogens with zero attached hydrogens (tertiary/aromatic N) is 1. The van der Waals surface area contributed by atoms with Crippen molar-refractivity contribution >= 4 is 13.8 Å². The van der Waals surface area contributed by atoms with Gasteiger partial charge in [0.05, 0.1) is 12.6 Å². The van der Waals surface area contributed by atoms with Gasteiger partial charge in [-0.25, -0.2) is 9.36 Å². The van der Waals surface area contributed by atoms with Crippen LogP contribution in [0.2, 0.25) is 0 Å². The van der Waals surface area contributed by atoms with Crippen LogP contribution in [-0.4, -0.2) is 23.4 Å². The van der Waals surface area contributed by atoms with Gasteiger partial charge in [0, 0.05) is 5.56 Å². The first-order valence-corrected chi connectivity index (χ1v) is 8.29. The minimum atomic E-state index is -3.74. The van der Waals surface area contributed by atoms with Crippen LogP contribution in [0.25, 0.3) is 0 Å². The molecule has 114 valence electrons. The number of rotatable bonds is 1. The molecule has 0 spiro atoms. The van der Waals surface area contributed by atoms with Crippen LogP contribution in [0.4, 0.5) is 4.79 Å². The molecule has 1 amide bonds. The number of ether oxygens (including phenoxy) is 1. The van der Waals surface area contributed by atoms with Crippen LogP contribution in [0.3, 0.4) is 0 Å². The number of cyclic esters (lactones) is 1. The fraction of sp³-hybridized carbons (Fsp3) is 0.500. The summed E-state index contributed by atoms with van der Waals surface area (Å²) < 4.78 is 30.2. The van der Waals surface area contributed by atoms with Gasteiger partial charge in [-0.05, 0) is 11.5 Å². The Morgan fingerprint density at radius 2 is 2.00 bits per heavy atom. The van der Waals surface area contributed by atoms with E-state index in [1.54, 1.807) is 12.1 Å². The van der Waals surface area contributed by atoms with Gasteiger partial charge in [-0.1, -0.05) is 39.0 Å². The van der Waals surface area contributed by atoms with Crippen molar-refractivity contribution in [3.63, 3.8) is 0 Å². The van der Waals surface area contributed by atoms with Crippen LogP contribution >= 0.6 is 7.75 Å². The lowest BCUT2D eigenvalue weighted by Crippen LogP contribution is -2.42. The Balaban J connectivity index is 1.96. The molecule has 1 aromatic rings. The molecule has 0 saturated carbocycles. The van der Waals surface area contributed by atoms with Crippen molar-refractivity contribution in [1.29, 1.82) is 0 Å². The van der Waals surface area contributed by atoms with Gasteiger partial charge in [-0.2, -0.15) is 4.67 Å². The summed E-state index contributed by atoms with van der Waals surface area (Å²) in [6, 6.07) is 6.84. The number of para-hydroxylation sites is 1. The highest BCUT2D eigenvalue weighted by molar-refractivity contribution is 7.52. The first-order chi connectivity index (χ1) is 9.81. The molecule has 7 heteroatoms. The standard InChI is InChI=1S/C14H18NO5P/c1-14(2,3)12-9-18-13(16)15(12)21(17)19-8-10-6-4-5-7-11(10)20-21/h4-7,12H,8-9H2,1-3H3/t12-,21?/m1/s1. The van der Waals surface area contributed by atoms with E-state index >= 15 is 0 Å².